The highest BCUT2D eigenvalue weighted by Gasteiger charge is 2.94. The Kier molecular flexibility index (Phi) is 5.76. The second-order valence-electron chi connectivity index (χ2n) is 4.72. The van der Waals surface area contributed by atoms with E-state index in [1.165, 1.54) is 0 Å². The van der Waals surface area contributed by atoms with Gasteiger partial charge in [-0.1, -0.05) is 0 Å². The lowest BCUT2D eigenvalue weighted by molar-refractivity contribution is -0.479. The minimum atomic E-state index is -7.76. The van der Waals surface area contributed by atoms with E-state index in [2.05, 4.69) is 4.74 Å². The summed E-state index contributed by atoms with van der Waals surface area (Å²) in [6, 6.07) is 0. The molecule has 0 aliphatic heterocycles. The van der Waals surface area contributed by atoms with Crippen molar-refractivity contribution >= 4 is 0 Å². The van der Waals surface area contributed by atoms with E-state index in [1.807, 2.05) is 0 Å². The van der Waals surface area contributed by atoms with Gasteiger partial charge in [-0.15, -0.1) is 0 Å². The van der Waals surface area contributed by atoms with Crippen LogP contribution in [0.1, 0.15) is 13.8 Å². The average molecular weight is 410 g/mol. The largest absolute Gasteiger partial charge is 0.437 e. The lowest BCUT2D eigenvalue weighted by Gasteiger charge is -2.46. The van der Waals surface area contributed by atoms with Crippen molar-refractivity contribution in [3.05, 3.63) is 0 Å². The zero-order chi connectivity index (χ0) is 20.9. The van der Waals surface area contributed by atoms with E-state index in [0.29, 0.717) is 0 Å². The molecule has 0 saturated carbocycles. The molecule has 0 fully saturated rings. The summed E-state index contributed by atoms with van der Waals surface area (Å²) in [5.41, 5.74) is -7.76. The molecule has 1 atom stereocenters. The van der Waals surface area contributed by atoms with Crippen LogP contribution < -0.4 is 0 Å². The lowest BCUT2D eigenvalue weighted by Crippen LogP contribution is -2.77. The molecule has 0 saturated heterocycles. The van der Waals surface area contributed by atoms with E-state index < -0.39 is 55.2 Å². The molecule has 0 aliphatic carbocycles. The van der Waals surface area contributed by atoms with Gasteiger partial charge in [-0.05, 0) is 6.92 Å². The number of alkyl halides is 14. The van der Waals surface area contributed by atoms with Crippen molar-refractivity contribution < 1.29 is 66.2 Å². The highest BCUT2D eigenvalue weighted by atomic mass is 19.4. The Morgan fingerprint density at radius 3 is 1.12 bits per heavy atom. The molecular formula is C10H8F14O. The Bertz CT molecular complexity index is 457. The first-order valence-electron chi connectivity index (χ1n) is 5.85. The summed E-state index contributed by atoms with van der Waals surface area (Å²) in [6.07, 6.45) is -15.3. The summed E-state index contributed by atoms with van der Waals surface area (Å²) in [4.78, 5) is 0. The molecule has 0 spiro atoms. The van der Waals surface area contributed by atoms with Crippen LogP contribution >= 0.6 is 0 Å². The quantitative estimate of drug-likeness (QED) is 0.530. The van der Waals surface area contributed by atoms with Crippen LogP contribution in [0.3, 0.4) is 0 Å². The molecule has 1 unspecified atom stereocenters. The third-order valence-electron chi connectivity index (χ3n) is 2.92. The second kappa shape index (κ2) is 6.01. The van der Waals surface area contributed by atoms with E-state index in [0.717, 1.165) is 0 Å². The number of halogens is 14. The maximum absolute atomic E-state index is 14.0. The van der Waals surface area contributed by atoms with Gasteiger partial charge in [0.15, 0.2) is 0 Å². The molecule has 25 heavy (non-hydrogen) atoms. The van der Waals surface area contributed by atoms with Crippen molar-refractivity contribution in [3.8, 4) is 0 Å². The van der Waals surface area contributed by atoms with Crippen molar-refractivity contribution in [3.63, 3.8) is 0 Å². The SMILES string of the molecule is CCOC(F)(C(F)(F)C(F)(F)C(C)(F)F)C(F)(C(F)(F)F)C(F)(F)F. The third kappa shape index (κ3) is 3.12. The molecule has 15 heteroatoms. The van der Waals surface area contributed by atoms with E-state index in [4.69, 9.17) is 0 Å². The van der Waals surface area contributed by atoms with Crippen LogP contribution in [0.25, 0.3) is 0 Å². The van der Waals surface area contributed by atoms with Crippen LogP contribution in [0.15, 0.2) is 0 Å². The lowest BCUT2D eigenvalue weighted by atomic mass is 9.84. The van der Waals surface area contributed by atoms with Gasteiger partial charge in [0, 0.05) is 13.5 Å². The van der Waals surface area contributed by atoms with Crippen LogP contribution in [0, 0.1) is 0 Å². The smallest absolute Gasteiger partial charge is 0.338 e. The van der Waals surface area contributed by atoms with Gasteiger partial charge in [-0.3, -0.25) is 0 Å². The van der Waals surface area contributed by atoms with Gasteiger partial charge in [-0.25, -0.2) is 8.78 Å². The molecule has 0 amide bonds. The fraction of sp³-hybridized carbons (Fsp3) is 1.00. The Labute approximate surface area is 129 Å². The van der Waals surface area contributed by atoms with Gasteiger partial charge in [0.1, 0.15) is 0 Å². The highest BCUT2D eigenvalue weighted by molar-refractivity contribution is 5.16. The summed E-state index contributed by atoms with van der Waals surface area (Å²) < 4.78 is 184. The number of rotatable bonds is 6. The summed E-state index contributed by atoms with van der Waals surface area (Å²) in [6.45, 7) is -2.75. The van der Waals surface area contributed by atoms with Crippen molar-refractivity contribution in [2.24, 2.45) is 0 Å². The molecule has 152 valence electrons. The molecule has 0 radical (unpaired) electrons. The molecule has 0 aromatic carbocycles. The molecule has 0 heterocycles. The summed E-state index contributed by atoms with van der Waals surface area (Å²) in [5, 5.41) is 0. The molecular weight excluding hydrogens is 402 g/mol. The van der Waals surface area contributed by atoms with Crippen LogP contribution in [0.2, 0.25) is 0 Å². The Balaban J connectivity index is 6.98. The molecule has 0 bridgehead atoms. The first-order valence-corrected chi connectivity index (χ1v) is 5.85. The van der Waals surface area contributed by atoms with Gasteiger partial charge in [0.05, 0.1) is 0 Å². The van der Waals surface area contributed by atoms with Crippen LogP contribution in [-0.2, 0) is 4.74 Å². The van der Waals surface area contributed by atoms with E-state index >= 15 is 0 Å². The molecule has 0 aromatic rings. The molecule has 0 rings (SSSR count). The van der Waals surface area contributed by atoms with Crippen molar-refractivity contribution in [1.82, 2.24) is 0 Å². The average Bonchev–Trinajstić information content (AvgIpc) is 2.33. The first-order chi connectivity index (χ1) is 10.6. The van der Waals surface area contributed by atoms with Gasteiger partial charge >= 0.3 is 41.6 Å². The molecule has 0 aromatic heterocycles. The Hall–Kier alpha value is -1.02. The standard InChI is InChI=1S/C10H8F14O/c1-3-25-8(18,5(13,9(19,20)21)10(22,23)24)7(16,17)6(14,15)4(2,11)12/h3H2,1-2H3. The minimum Gasteiger partial charge on any atom is -0.338 e. The maximum Gasteiger partial charge on any atom is 0.437 e. The fourth-order valence-electron chi connectivity index (χ4n) is 1.61. The van der Waals surface area contributed by atoms with Gasteiger partial charge < -0.3 is 4.74 Å². The third-order valence-corrected chi connectivity index (χ3v) is 2.92. The summed E-state index contributed by atoms with van der Waals surface area (Å²) >= 11 is 0. The van der Waals surface area contributed by atoms with Gasteiger partial charge in [0.2, 0.25) is 0 Å². The summed E-state index contributed by atoms with van der Waals surface area (Å²) in [7, 11) is 0. The predicted molar refractivity (Wildman–Crippen MR) is 51.9 cm³/mol. The van der Waals surface area contributed by atoms with Crippen LogP contribution in [0.5, 0.6) is 0 Å². The molecule has 0 aliphatic rings. The molecule has 1 nitrogen and oxygen atoms in total. The summed E-state index contributed by atoms with van der Waals surface area (Å²) in [5.74, 6) is -28.1. The van der Waals surface area contributed by atoms with Crippen molar-refractivity contribution in [2.45, 2.75) is 55.5 Å². The fourth-order valence-corrected chi connectivity index (χ4v) is 1.61. The number of ether oxygens (including phenoxy) is 1. The van der Waals surface area contributed by atoms with E-state index in [9.17, 15) is 61.5 Å². The Morgan fingerprint density at radius 1 is 0.600 bits per heavy atom. The van der Waals surface area contributed by atoms with Crippen molar-refractivity contribution in [2.75, 3.05) is 6.61 Å². The minimum absolute atomic E-state index is 0.236. The Morgan fingerprint density at radius 2 is 0.920 bits per heavy atom. The van der Waals surface area contributed by atoms with Crippen molar-refractivity contribution in [1.29, 1.82) is 0 Å². The zero-order valence-electron chi connectivity index (χ0n) is 11.9. The first kappa shape index (κ1) is 24.0. The number of hydrogen-bond acceptors (Lipinski definition) is 1. The normalized spacial score (nSPS) is 18.2. The van der Waals surface area contributed by atoms with Gasteiger partial charge in [0.25, 0.3) is 0 Å². The van der Waals surface area contributed by atoms with Gasteiger partial charge in [-0.2, -0.15) is 52.7 Å². The van der Waals surface area contributed by atoms with Crippen LogP contribution in [0.4, 0.5) is 61.5 Å². The van der Waals surface area contributed by atoms with Crippen LogP contribution in [-0.4, -0.2) is 48.3 Å². The topological polar surface area (TPSA) is 9.23 Å². The highest BCUT2D eigenvalue weighted by Crippen LogP contribution is 2.63. The molecule has 0 N–H and O–H groups in total. The maximum atomic E-state index is 14.0. The second-order valence-corrected chi connectivity index (χ2v) is 4.72. The van der Waals surface area contributed by atoms with E-state index in [-0.39, 0.29) is 6.92 Å². The zero-order valence-corrected chi connectivity index (χ0v) is 11.9. The predicted octanol–water partition coefficient (Wildman–Crippen LogP) is 5.45. The monoisotopic (exact) mass is 410 g/mol. The number of hydrogen-bond donors (Lipinski definition) is 0. The van der Waals surface area contributed by atoms with E-state index in [1.54, 1.807) is 0 Å².